The molecule has 1 aliphatic heterocycles. The van der Waals surface area contributed by atoms with Crippen molar-refractivity contribution in [2.75, 3.05) is 36.9 Å². The molecule has 0 aromatic heterocycles. The van der Waals surface area contributed by atoms with Crippen molar-refractivity contribution >= 4 is 25.7 Å². The first kappa shape index (κ1) is 19.2. The summed E-state index contributed by atoms with van der Waals surface area (Å²) in [5, 5.41) is 0. The molecule has 0 radical (unpaired) electrons. The van der Waals surface area contributed by atoms with Crippen LogP contribution in [0.1, 0.15) is 24.8 Å². The second kappa shape index (κ2) is 7.81. The van der Waals surface area contributed by atoms with Crippen molar-refractivity contribution in [3.63, 3.8) is 0 Å². The second-order valence-electron chi connectivity index (χ2n) is 5.79. The highest BCUT2D eigenvalue weighted by molar-refractivity contribution is 7.92. The van der Waals surface area contributed by atoms with E-state index in [0.29, 0.717) is 37.2 Å². The van der Waals surface area contributed by atoms with E-state index in [4.69, 9.17) is 4.74 Å². The molecule has 1 aliphatic rings. The Morgan fingerprint density at radius 1 is 1.29 bits per heavy atom. The van der Waals surface area contributed by atoms with Crippen molar-refractivity contribution in [1.82, 2.24) is 4.72 Å². The van der Waals surface area contributed by atoms with Gasteiger partial charge in [-0.3, -0.25) is 4.31 Å². The quantitative estimate of drug-likeness (QED) is 0.723. The number of nitrogens with zero attached hydrogens (tertiary/aromatic N) is 1. The van der Waals surface area contributed by atoms with Crippen molar-refractivity contribution < 1.29 is 21.6 Å². The van der Waals surface area contributed by atoms with Gasteiger partial charge in [0, 0.05) is 26.8 Å². The Kier molecular flexibility index (Phi) is 6.24. The molecule has 136 valence electrons. The summed E-state index contributed by atoms with van der Waals surface area (Å²) in [4.78, 5) is 0.109. The number of nitrogens with one attached hydrogen (secondary N) is 1. The maximum atomic E-state index is 12.5. The molecule has 1 aromatic carbocycles. The van der Waals surface area contributed by atoms with Crippen LogP contribution in [0.4, 0.5) is 5.69 Å². The van der Waals surface area contributed by atoms with E-state index in [0.717, 1.165) is 6.42 Å². The Labute approximate surface area is 144 Å². The fourth-order valence-corrected chi connectivity index (χ4v) is 5.58. The maximum absolute atomic E-state index is 12.5. The fraction of sp³-hybridized carbons (Fsp3) is 0.600. The van der Waals surface area contributed by atoms with Gasteiger partial charge in [-0.05, 0) is 43.9 Å². The minimum absolute atomic E-state index is 0.0955. The first-order chi connectivity index (χ1) is 11.3. The van der Waals surface area contributed by atoms with E-state index < -0.39 is 20.0 Å². The van der Waals surface area contributed by atoms with Crippen LogP contribution in [0, 0.1) is 6.92 Å². The molecule has 0 spiro atoms. The molecule has 0 unspecified atom stereocenters. The third kappa shape index (κ3) is 4.47. The molecule has 1 heterocycles. The summed E-state index contributed by atoms with van der Waals surface area (Å²) in [7, 11) is -5.51. The number of aryl methyl sites for hydroxylation is 1. The molecule has 1 aromatic rings. The molecular formula is C15H24N2O5S2. The lowest BCUT2D eigenvalue weighted by Crippen LogP contribution is -2.38. The number of sulfonamides is 2. The fourth-order valence-electron chi connectivity index (χ4n) is 2.61. The summed E-state index contributed by atoms with van der Waals surface area (Å²) >= 11 is 0. The monoisotopic (exact) mass is 376 g/mol. The molecule has 0 aliphatic carbocycles. The molecule has 2 rings (SSSR count). The van der Waals surface area contributed by atoms with Crippen molar-refractivity contribution in [3.8, 4) is 0 Å². The summed E-state index contributed by atoms with van der Waals surface area (Å²) < 4.78 is 58.2. The number of methoxy groups -OCH3 is 1. The Morgan fingerprint density at radius 3 is 2.71 bits per heavy atom. The predicted octanol–water partition coefficient (Wildman–Crippen LogP) is 1.24. The zero-order chi connectivity index (χ0) is 17.8. The number of anilines is 1. The molecule has 1 saturated heterocycles. The van der Waals surface area contributed by atoms with Crippen LogP contribution < -0.4 is 9.03 Å². The minimum Gasteiger partial charge on any atom is -0.385 e. The molecule has 0 bridgehead atoms. The van der Waals surface area contributed by atoms with Gasteiger partial charge in [-0.1, -0.05) is 6.07 Å². The lowest BCUT2D eigenvalue weighted by Gasteiger charge is -2.28. The topological polar surface area (TPSA) is 92.8 Å². The van der Waals surface area contributed by atoms with E-state index in [9.17, 15) is 16.8 Å². The van der Waals surface area contributed by atoms with Crippen LogP contribution in [-0.2, 0) is 24.8 Å². The zero-order valence-corrected chi connectivity index (χ0v) is 15.6. The third-order valence-electron chi connectivity index (χ3n) is 3.92. The van der Waals surface area contributed by atoms with E-state index in [1.165, 1.54) is 10.4 Å². The summed E-state index contributed by atoms with van der Waals surface area (Å²) in [5.74, 6) is 0.0955. The van der Waals surface area contributed by atoms with Gasteiger partial charge in [0.15, 0.2) is 0 Å². The van der Waals surface area contributed by atoms with Crippen LogP contribution in [-0.4, -0.2) is 49.4 Å². The lowest BCUT2D eigenvalue weighted by atomic mass is 10.2. The minimum atomic E-state index is -3.70. The van der Waals surface area contributed by atoms with Gasteiger partial charge in [-0.25, -0.2) is 21.6 Å². The third-order valence-corrected chi connectivity index (χ3v) is 7.39. The van der Waals surface area contributed by atoms with Crippen LogP contribution in [0.3, 0.4) is 0 Å². The van der Waals surface area contributed by atoms with Crippen molar-refractivity contribution in [3.05, 3.63) is 23.8 Å². The highest BCUT2D eigenvalue weighted by Gasteiger charge is 2.27. The van der Waals surface area contributed by atoms with E-state index in [1.54, 1.807) is 26.2 Å². The maximum Gasteiger partial charge on any atom is 0.240 e. The number of hydrogen-bond acceptors (Lipinski definition) is 5. The predicted molar refractivity (Wildman–Crippen MR) is 93.2 cm³/mol. The second-order valence-corrected chi connectivity index (χ2v) is 9.54. The largest absolute Gasteiger partial charge is 0.385 e. The van der Waals surface area contributed by atoms with Crippen molar-refractivity contribution in [2.24, 2.45) is 0 Å². The summed E-state index contributed by atoms with van der Waals surface area (Å²) in [6.07, 6.45) is 1.97. The summed E-state index contributed by atoms with van der Waals surface area (Å²) in [6, 6.07) is 4.74. The highest BCUT2D eigenvalue weighted by Crippen LogP contribution is 2.27. The molecule has 9 heteroatoms. The van der Waals surface area contributed by atoms with Crippen LogP contribution in [0.15, 0.2) is 23.1 Å². The molecule has 7 nitrogen and oxygen atoms in total. The molecule has 24 heavy (non-hydrogen) atoms. The summed E-state index contributed by atoms with van der Waals surface area (Å²) in [5.41, 5.74) is 0.977. The molecule has 0 atom stereocenters. The SMILES string of the molecule is COCCCNS(=O)(=O)c1cc(N2CCCCS2(=O)=O)ccc1C. The molecule has 1 N–H and O–H groups in total. The van der Waals surface area contributed by atoms with Crippen LogP contribution >= 0.6 is 0 Å². The Balaban J connectivity index is 2.28. The van der Waals surface area contributed by atoms with Crippen molar-refractivity contribution in [2.45, 2.75) is 31.1 Å². The molecule has 0 saturated carbocycles. The Bertz CT molecular complexity index is 775. The van der Waals surface area contributed by atoms with Gasteiger partial charge >= 0.3 is 0 Å². The van der Waals surface area contributed by atoms with Gasteiger partial charge in [0.2, 0.25) is 20.0 Å². The van der Waals surface area contributed by atoms with Gasteiger partial charge in [0.05, 0.1) is 16.3 Å². The van der Waals surface area contributed by atoms with E-state index >= 15 is 0 Å². The number of hydrogen-bond donors (Lipinski definition) is 1. The van der Waals surface area contributed by atoms with Gasteiger partial charge in [-0.15, -0.1) is 0 Å². The van der Waals surface area contributed by atoms with E-state index in [1.807, 2.05) is 0 Å². The number of rotatable bonds is 7. The standard InChI is InChI=1S/C15H24N2O5S2/c1-13-6-7-14(17-9-3-4-11-23(17,18)19)12-15(13)24(20,21)16-8-5-10-22-2/h6-7,12,16H,3-5,8-11H2,1-2H3. The van der Waals surface area contributed by atoms with Gasteiger partial charge < -0.3 is 4.74 Å². The van der Waals surface area contributed by atoms with Crippen molar-refractivity contribution in [1.29, 1.82) is 0 Å². The average Bonchev–Trinajstić information content (AvgIpc) is 2.52. The Hall–Kier alpha value is -1.16. The lowest BCUT2D eigenvalue weighted by molar-refractivity contribution is 0.196. The highest BCUT2D eigenvalue weighted by atomic mass is 32.2. The van der Waals surface area contributed by atoms with Gasteiger partial charge in [0.25, 0.3) is 0 Å². The summed E-state index contributed by atoms with van der Waals surface area (Å²) in [6.45, 7) is 2.81. The van der Waals surface area contributed by atoms with Crippen LogP contribution in [0.25, 0.3) is 0 Å². The number of benzene rings is 1. The van der Waals surface area contributed by atoms with E-state index in [-0.39, 0.29) is 17.2 Å². The van der Waals surface area contributed by atoms with Crippen LogP contribution in [0.2, 0.25) is 0 Å². The van der Waals surface area contributed by atoms with Gasteiger partial charge in [-0.2, -0.15) is 0 Å². The zero-order valence-electron chi connectivity index (χ0n) is 14.0. The normalized spacial score (nSPS) is 17.8. The first-order valence-corrected chi connectivity index (χ1v) is 11.0. The average molecular weight is 377 g/mol. The first-order valence-electron chi connectivity index (χ1n) is 7.87. The molecule has 1 fully saturated rings. The van der Waals surface area contributed by atoms with Gasteiger partial charge in [0.1, 0.15) is 0 Å². The molecular weight excluding hydrogens is 352 g/mol. The molecule has 0 amide bonds. The van der Waals surface area contributed by atoms with Crippen LogP contribution in [0.5, 0.6) is 0 Å². The smallest absolute Gasteiger partial charge is 0.240 e. The number of ether oxygens (including phenoxy) is 1. The Morgan fingerprint density at radius 2 is 2.04 bits per heavy atom. The van der Waals surface area contributed by atoms with E-state index in [2.05, 4.69) is 4.72 Å².